The lowest BCUT2D eigenvalue weighted by Crippen LogP contribution is -2.33. The predicted octanol–water partition coefficient (Wildman–Crippen LogP) is 2.78. The molecular weight excluding hydrogens is 266 g/mol. The van der Waals surface area contributed by atoms with Gasteiger partial charge in [0, 0.05) is 12.2 Å². The topological polar surface area (TPSA) is 46.6 Å². The fourth-order valence-corrected chi connectivity index (χ4v) is 2.98. The molecule has 0 fully saturated rings. The molecular formula is C17H19NO3. The number of nitrogens with zero attached hydrogens (tertiary/aromatic N) is 1. The van der Waals surface area contributed by atoms with Gasteiger partial charge >= 0.3 is 0 Å². The van der Waals surface area contributed by atoms with Gasteiger partial charge in [-0.25, -0.2) is 0 Å². The molecule has 0 radical (unpaired) electrons. The number of imide groups is 1. The van der Waals surface area contributed by atoms with Crippen LogP contribution in [0.1, 0.15) is 43.4 Å². The van der Waals surface area contributed by atoms with E-state index in [0.717, 1.165) is 43.6 Å². The molecule has 1 aromatic rings. The first-order valence-corrected chi connectivity index (χ1v) is 7.51. The van der Waals surface area contributed by atoms with E-state index < -0.39 is 0 Å². The van der Waals surface area contributed by atoms with Crippen LogP contribution >= 0.6 is 0 Å². The maximum absolute atomic E-state index is 11.8. The van der Waals surface area contributed by atoms with Crippen LogP contribution in [0.5, 0.6) is 5.75 Å². The summed E-state index contributed by atoms with van der Waals surface area (Å²) in [7, 11) is 0. The summed E-state index contributed by atoms with van der Waals surface area (Å²) in [6.07, 6.45) is 6.53. The molecule has 4 heteroatoms. The smallest absolute Gasteiger partial charge is 0.254 e. The zero-order chi connectivity index (χ0) is 14.8. The Morgan fingerprint density at radius 1 is 1.24 bits per heavy atom. The molecule has 3 rings (SSSR count). The lowest BCUT2D eigenvalue weighted by molar-refractivity contribution is -0.139. The van der Waals surface area contributed by atoms with E-state index in [-0.39, 0.29) is 17.9 Å². The monoisotopic (exact) mass is 285 g/mol. The molecule has 21 heavy (non-hydrogen) atoms. The van der Waals surface area contributed by atoms with Crippen molar-refractivity contribution in [2.75, 3.05) is 6.61 Å². The highest BCUT2D eigenvalue weighted by Gasteiger charge is 2.36. The third-order valence-corrected chi connectivity index (χ3v) is 4.08. The molecule has 0 saturated carbocycles. The fourth-order valence-electron chi connectivity index (χ4n) is 2.98. The highest BCUT2D eigenvalue weighted by molar-refractivity contribution is 6.13. The van der Waals surface area contributed by atoms with E-state index in [1.807, 2.05) is 18.2 Å². The first-order valence-electron chi connectivity index (χ1n) is 7.51. The van der Waals surface area contributed by atoms with Crippen molar-refractivity contribution in [3.05, 3.63) is 41.5 Å². The standard InChI is InChI=1S/C17H19NO3/c1-2-3-10-21-13-5-6-14-12(11-13)4-7-15(14)18-16(19)8-9-17(18)20/h5-6,8-9,11,15H,2-4,7,10H2,1H3/t15-/m0/s1. The average molecular weight is 285 g/mol. The van der Waals surface area contributed by atoms with Crippen LogP contribution < -0.4 is 4.74 Å². The van der Waals surface area contributed by atoms with E-state index in [0.29, 0.717) is 0 Å². The number of hydrogen-bond donors (Lipinski definition) is 0. The van der Waals surface area contributed by atoms with Crippen molar-refractivity contribution in [1.29, 1.82) is 0 Å². The Balaban J connectivity index is 1.77. The summed E-state index contributed by atoms with van der Waals surface area (Å²) in [5, 5.41) is 0. The lowest BCUT2D eigenvalue weighted by atomic mass is 10.1. The molecule has 0 spiro atoms. The summed E-state index contributed by atoms with van der Waals surface area (Å²) in [6, 6.07) is 5.85. The lowest BCUT2D eigenvalue weighted by Gasteiger charge is -2.22. The van der Waals surface area contributed by atoms with Crippen molar-refractivity contribution in [3.63, 3.8) is 0 Å². The van der Waals surface area contributed by atoms with Crippen LogP contribution in [0, 0.1) is 0 Å². The minimum Gasteiger partial charge on any atom is -0.494 e. The Labute approximate surface area is 124 Å². The van der Waals surface area contributed by atoms with Crippen molar-refractivity contribution in [2.24, 2.45) is 0 Å². The first-order chi connectivity index (χ1) is 10.2. The van der Waals surface area contributed by atoms with Crippen molar-refractivity contribution >= 4 is 11.8 Å². The predicted molar refractivity (Wildman–Crippen MR) is 78.9 cm³/mol. The van der Waals surface area contributed by atoms with Gasteiger partial charge < -0.3 is 4.74 Å². The third-order valence-electron chi connectivity index (χ3n) is 4.08. The van der Waals surface area contributed by atoms with E-state index in [1.165, 1.54) is 22.6 Å². The molecule has 110 valence electrons. The second-order valence-corrected chi connectivity index (χ2v) is 5.50. The zero-order valence-electron chi connectivity index (χ0n) is 12.2. The number of carbonyl (C=O) groups is 2. The minimum atomic E-state index is -0.207. The molecule has 4 nitrogen and oxygen atoms in total. The van der Waals surface area contributed by atoms with Gasteiger partial charge in [0.1, 0.15) is 5.75 Å². The van der Waals surface area contributed by atoms with Crippen molar-refractivity contribution < 1.29 is 14.3 Å². The Hall–Kier alpha value is -2.10. The molecule has 0 aromatic heterocycles. The second kappa shape index (κ2) is 5.72. The normalized spacial score (nSPS) is 20.2. The molecule has 0 saturated heterocycles. The molecule has 2 aliphatic rings. The molecule has 1 atom stereocenters. The van der Waals surface area contributed by atoms with Crippen LogP contribution in [0.25, 0.3) is 0 Å². The van der Waals surface area contributed by atoms with Crippen molar-refractivity contribution in [2.45, 2.75) is 38.6 Å². The second-order valence-electron chi connectivity index (χ2n) is 5.50. The molecule has 2 amide bonds. The number of carbonyl (C=O) groups excluding carboxylic acids is 2. The SMILES string of the molecule is CCCCOc1ccc2c(c1)CC[C@@H]2N1C(=O)C=CC1=O. The van der Waals surface area contributed by atoms with E-state index in [1.54, 1.807) is 0 Å². The molecule has 0 N–H and O–H groups in total. The van der Waals surface area contributed by atoms with Crippen molar-refractivity contribution in [1.82, 2.24) is 4.90 Å². The van der Waals surface area contributed by atoms with Crippen LogP contribution in [0.3, 0.4) is 0 Å². The van der Waals surface area contributed by atoms with Gasteiger partial charge in [-0.15, -0.1) is 0 Å². The number of benzene rings is 1. The van der Waals surface area contributed by atoms with Crippen LogP contribution in [-0.2, 0) is 16.0 Å². The summed E-state index contributed by atoms with van der Waals surface area (Å²) in [5.41, 5.74) is 2.25. The minimum absolute atomic E-state index is 0.125. The van der Waals surface area contributed by atoms with Gasteiger partial charge in [0.15, 0.2) is 0 Å². The number of unbranched alkanes of at least 4 members (excludes halogenated alkanes) is 1. The van der Waals surface area contributed by atoms with E-state index in [2.05, 4.69) is 6.92 Å². The maximum atomic E-state index is 11.8. The number of ether oxygens (including phenoxy) is 1. The summed E-state index contributed by atoms with van der Waals surface area (Å²) >= 11 is 0. The van der Waals surface area contributed by atoms with Crippen LogP contribution in [0.15, 0.2) is 30.4 Å². The summed E-state index contributed by atoms with van der Waals surface area (Å²) in [4.78, 5) is 25.0. The molecule has 1 aromatic carbocycles. The maximum Gasteiger partial charge on any atom is 0.254 e. The van der Waals surface area contributed by atoms with E-state index in [9.17, 15) is 9.59 Å². The van der Waals surface area contributed by atoms with Gasteiger partial charge in [0.2, 0.25) is 0 Å². The highest BCUT2D eigenvalue weighted by Crippen LogP contribution is 2.38. The Morgan fingerprint density at radius 2 is 2.00 bits per heavy atom. The van der Waals surface area contributed by atoms with Gasteiger partial charge in [0.25, 0.3) is 11.8 Å². The zero-order valence-corrected chi connectivity index (χ0v) is 12.2. The van der Waals surface area contributed by atoms with Gasteiger partial charge in [0.05, 0.1) is 12.6 Å². The molecule has 1 heterocycles. The molecule has 0 unspecified atom stereocenters. The van der Waals surface area contributed by atoms with Gasteiger partial charge in [-0.3, -0.25) is 14.5 Å². The average Bonchev–Trinajstić information content (AvgIpc) is 3.02. The number of aryl methyl sites for hydroxylation is 1. The number of rotatable bonds is 5. The summed E-state index contributed by atoms with van der Waals surface area (Å²) < 4.78 is 5.71. The van der Waals surface area contributed by atoms with Crippen LogP contribution in [0.4, 0.5) is 0 Å². The first kappa shape index (κ1) is 13.9. The van der Waals surface area contributed by atoms with Gasteiger partial charge in [-0.1, -0.05) is 19.4 Å². The van der Waals surface area contributed by atoms with Crippen molar-refractivity contribution in [3.8, 4) is 5.75 Å². The quantitative estimate of drug-likeness (QED) is 0.617. The van der Waals surface area contributed by atoms with E-state index in [4.69, 9.17) is 4.74 Å². The Kier molecular flexibility index (Phi) is 3.78. The fraction of sp³-hybridized carbons (Fsp3) is 0.412. The Bertz CT molecular complexity index is 588. The van der Waals surface area contributed by atoms with Gasteiger partial charge in [-0.05, 0) is 42.5 Å². The highest BCUT2D eigenvalue weighted by atomic mass is 16.5. The summed E-state index contributed by atoms with van der Waals surface area (Å²) in [5.74, 6) is 0.460. The summed E-state index contributed by atoms with van der Waals surface area (Å²) in [6.45, 7) is 2.86. The number of amides is 2. The van der Waals surface area contributed by atoms with Crippen LogP contribution in [-0.4, -0.2) is 23.3 Å². The third kappa shape index (κ3) is 2.58. The van der Waals surface area contributed by atoms with E-state index >= 15 is 0 Å². The number of hydrogen-bond acceptors (Lipinski definition) is 3. The molecule has 0 bridgehead atoms. The van der Waals surface area contributed by atoms with Gasteiger partial charge in [-0.2, -0.15) is 0 Å². The molecule has 1 aliphatic heterocycles. The number of fused-ring (bicyclic) bond motifs is 1. The Morgan fingerprint density at radius 3 is 2.71 bits per heavy atom. The molecule has 1 aliphatic carbocycles. The largest absolute Gasteiger partial charge is 0.494 e. The van der Waals surface area contributed by atoms with Crippen LogP contribution in [0.2, 0.25) is 0 Å².